The number of carboxylic acids is 1. The maximum absolute atomic E-state index is 13.4. The van der Waals surface area contributed by atoms with Crippen LogP contribution in [0.15, 0.2) is 47.5 Å². The van der Waals surface area contributed by atoms with Gasteiger partial charge < -0.3 is 20.6 Å². The fourth-order valence-corrected chi connectivity index (χ4v) is 5.62. The zero-order chi connectivity index (χ0) is 31.1. The second-order valence-corrected chi connectivity index (χ2v) is 12.5. The second kappa shape index (κ2) is 14.5. The lowest BCUT2D eigenvalue weighted by molar-refractivity contribution is -0.136. The van der Waals surface area contributed by atoms with E-state index in [4.69, 9.17) is 28.3 Å². The number of nitrogens with one attached hydrogen (secondary N) is 2. The molecule has 0 atom stereocenters. The maximum Gasteiger partial charge on any atom is 0.408 e. The molecule has 1 aliphatic carbocycles. The van der Waals surface area contributed by atoms with Gasteiger partial charge in [0.25, 0.3) is 5.91 Å². The molecule has 2 aromatic rings. The number of benzene rings is 2. The number of carboxylic acid groups (broad SMARTS) is 1. The summed E-state index contributed by atoms with van der Waals surface area (Å²) < 4.78 is 40.2. The molecule has 230 valence electrons. The molecule has 12 heteroatoms. The van der Waals surface area contributed by atoms with Crippen molar-refractivity contribution in [1.82, 2.24) is 10.2 Å². The van der Waals surface area contributed by atoms with Gasteiger partial charge in [-0.15, -0.1) is 0 Å². The number of carbonyl (C=O) groups excluding carboxylic acids is 1. The van der Waals surface area contributed by atoms with Crippen LogP contribution in [-0.2, 0) is 11.3 Å². The van der Waals surface area contributed by atoms with E-state index in [1.54, 1.807) is 36.4 Å². The van der Waals surface area contributed by atoms with Gasteiger partial charge in [0.1, 0.15) is 6.54 Å². The third-order valence-corrected chi connectivity index (χ3v) is 7.79. The molecule has 0 heterocycles. The smallest absolute Gasteiger partial charge is 0.408 e. The van der Waals surface area contributed by atoms with Crippen molar-refractivity contribution in [3.63, 3.8) is 0 Å². The standard InChI is InChI=1S/C30H37Cl2F3N4O3/c1-29(2,3)21-8-10-25(11-9-21)39(17-19-4-6-20(7-5-19)27(42)36-13-12-26(40)41)28(37-18-30(33,34)35)38-24-15-22(31)14-23(32)16-24/h4-7,14-16,21,25H,8-13,17-18H2,1-3H3,(H,36,42)(H,37,38)(H,40,41). The number of hydrogen-bond acceptors (Lipinski definition) is 3. The molecule has 3 rings (SSSR count). The average molecular weight is 630 g/mol. The molecule has 0 saturated heterocycles. The summed E-state index contributed by atoms with van der Waals surface area (Å²) in [5.41, 5.74) is 1.65. The van der Waals surface area contributed by atoms with Crippen LogP contribution < -0.4 is 10.6 Å². The molecule has 1 aliphatic rings. The molecule has 2 aromatic carbocycles. The molecule has 1 fully saturated rings. The summed E-state index contributed by atoms with van der Waals surface area (Å²) in [6, 6.07) is 11.3. The average Bonchev–Trinajstić information content (AvgIpc) is 2.88. The first-order chi connectivity index (χ1) is 19.6. The number of rotatable bonds is 9. The van der Waals surface area contributed by atoms with Crippen LogP contribution in [0.1, 0.15) is 68.8 Å². The van der Waals surface area contributed by atoms with E-state index in [0.29, 0.717) is 27.2 Å². The van der Waals surface area contributed by atoms with Gasteiger partial charge in [-0.3, -0.25) is 9.59 Å². The van der Waals surface area contributed by atoms with Gasteiger partial charge in [0.05, 0.1) is 6.42 Å². The zero-order valence-corrected chi connectivity index (χ0v) is 25.4. The van der Waals surface area contributed by atoms with E-state index in [9.17, 15) is 22.8 Å². The number of amides is 1. The minimum absolute atomic E-state index is 0.000840. The van der Waals surface area contributed by atoms with E-state index in [2.05, 4.69) is 36.4 Å². The van der Waals surface area contributed by atoms with Gasteiger partial charge in [0.15, 0.2) is 5.96 Å². The van der Waals surface area contributed by atoms with Crippen LogP contribution in [0.4, 0.5) is 18.9 Å². The van der Waals surface area contributed by atoms with Crippen molar-refractivity contribution in [3.05, 3.63) is 63.6 Å². The molecular weight excluding hydrogens is 592 g/mol. The van der Waals surface area contributed by atoms with Gasteiger partial charge >= 0.3 is 12.1 Å². The van der Waals surface area contributed by atoms with Crippen molar-refractivity contribution in [2.45, 2.75) is 71.6 Å². The van der Waals surface area contributed by atoms with E-state index in [1.807, 2.05) is 4.90 Å². The molecule has 0 aromatic heterocycles. The molecular formula is C30H37Cl2F3N4O3. The molecule has 0 bridgehead atoms. The first kappa shape index (κ1) is 33.5. The van der Waals surface area contributed by atoms with Crippen LogP contribution in [0, 0.1) is 11.3 Å². The first-order valence-electron chi connectivity index (χ1n) is 13.8. The Labute approximate surface area is 254 Å². The lowest BCUT2D eigenvalue weighted by Crippen LogP contribution is -2.46. The highest BCUT2D eigenvalue weighted by atomic mass is 35.5. The van der Waals surface area contributed by atoms with Crippen LogP contribution in [0.3, 0.4) is 0 Å². The normalized spacial score (nSPS) is 18.0. The molecule has 0 aliphatic heterocycles. The van der Waals surface area contributed by atoms with Gasteiger partial charge in [0.2, 0.25) is 0 Å². The van der Waals surface area contributed by atoms with Gasteiger partial charge in [-0.2, -0.15) is 13.2 Å². The summed E-state index contributed by atoms with van der Waals surface area (Å²) >= 11 is 12.3. The molecule has 0 unspecified atom stereocenters. The summed E-state index contributed by atoms with van der Waals surface area (Å²) in [5.74, 6) is -0.879. The quantitative estimate of drug-likeness (QED) is 0.196. The first-order valence-corrected chi connectivity index (χ1v) is 14.6. The van der Waals surface area contributed by atoms with Crippen LogP contribution in [0.2, 0.25) is 10.0 Å². The molecule has 1 saturated carbocycles. The fraction of sp³-hybridized carbons (Fsp3) is 0.500. The Kier molecular flexibility index (Phi) is 11.5. The third kappa shape index (κ3) is 10.7. The van der Waals surface area contributed by atoms with Crippen molar-refractivity contribution < 1.29 is 27.9 Å². The number of alkyl halides is 3. The van der Waals surface area contributed by atoms with Crippen LogP contribution in [0.5, 0.6) is 0 Å². The zero-order valence-electron chi connectivity index (χ0n) is 23.9. The molecule has 0 spiro atoms. The van der Waals surface area contributed by atoms with E-state index in [-0.39, 0.29) is 36.9 Å². The van der Waals surface area contributed by atoms with Gasteiger partial charge in [-0.25, -0.2) is 4.99 Å². The SMILES string of the molecule is CC(C)(C)C1CCC(N(Cc2ccc(C(=O)NCCC(=O)O)cc2)C(=NCC(F)(F)F)Nc2cc(Cl)cc(Cl)c2)CC1. The largest absolute Gasteiger partial charge is 0.481 e. The summed E-state index contributed by atoms with van der Waals surface area (Å²) in [6.45, 7) is 5.48. The summed E-state index contributed by atoms with van der Waals surface area (Å²) in [7, 11) is 0. The van der Waals surface area contributed by atoms with Crippen LogP contribution >= 0.6 is 23.2 Å². The molecule has 3 N–H and O–H groups in total. The van der Waals surface area contributed by atoms with Crippen molar-refractivity contribution >= 4 is 46.7 Å². The number of guanidine groups is 1. The van der Waals surface area contributed by atoms with E-state index in [0.717, 1.165) is 31.2 Å². The lowest BCUT2D eigenvalue weighted by atomic mass is 9.71. The monoisotopic (exact) mass is 628 g/mol. The Morgan fingerprint density at radius 3 is 2.12 bits per heavy atom. The van der Waals surface area contributed by atoms with Crippen molar-refractivity contribution in [2.24, 2.45) is 16.3 Å². The number of halogens is 5. The Balaban J connectivity index is 1.91. The number of carbonyl (C=O) groups is 2. The van der Waals surface area contributed by atoms with Gasteiger partial charge in [0, 0.05) is 40.4 Å². The van der Waals surface area contributed by atoms with E-state index < -0.39 is 24.6 Å². The second-order valence-electron chi connectivity index (χ2n) is 11.6. The lowest BCUT2D eigenvalue weighted by Gasteiger charge is -2.42. The summed E-state index contributed by atoms with van der Waals surface area (Å²) in [6.07, 6.45) is -1.30. The summed E-state index contributed by atoms with van der Waals surface area (Å²) in [5, 5.41) is 15.0. The number of aliphatic imine (C=N–C) groups is 1. The number of anilines is 1. The minimum atomic E-state index is -4.51. The maximum atomic E-state index is 13.4. The van der Waals surface area contributed by atoms with Crippen molar-refractivity contribution in [1.29, 1.82) is 0 Å². The third-order valence-electron chi connectivity index (χ3n) is 7.35. The topological polar surface area (TPSA) is 94.0 Å². The van der Waals surface area contributed by atoms with Crippen LogP contribution in [-0.4, -0.2) is 53.2 Å². The van der Waals surface area contributed by atoms with Crippen LogP contribution in [0.25, 0.3) is 0 Å². The van der Waals surface area contributed by atoms with Crippen molar-refractivity contribution in [3.8, 4) is 0 Å². The fourth-order valence-electron chi connectivity index (χ4n) is 5.10. The Hall–Kier alpha value is -2.98. The van der Waals surface area contributed by atoms with Gasteiger partial charge in [-0.1, -0.05) is 56.1 Å². The van der Waals surface area contributed by atoms with E-state index in [1.165, 1.54) is 6.07 Å². The van der Waals surface area contributed by atoms with E-state index >= 15 is 0 Å². The Bertz CT molecular complexity index is 1240. The number of aliphatic carboxylic acids is 1. The number of hydrogen-bond donors (Lipinski definition) is 3. The molecule has 1 amide bonds. The molecule has 7 nitrogen and oxygen atoms in total. The van der Waals surface area contributed by atoms with Crippen molar-refractivity contribution in [2.75, 3.05) is 18.4 Å². The predicted octanol–water partition coefficient (Wildman–Crippen LogP) is 7.64. The Morgan fingerprint density at radius 1 is 1.00 bits per heavy atom. The number of nitrogens with zero attached hydrogens (tertiary/aromatic N) is 2. The molecule has 0 radical (unpaired) electrons. The minimum Gasteiger partial charge on any atom is -0.481 e. The highest BCUT2D eigenvalue weighted by Crippen LogP contribution is 2.39. The summed E-state index contributed by atoms with van der Waals surface area (Å²) in [4.78, 5) is 29.0. The predicted molar refractivity (Wildman–Crippen MR) is 160 cm³/mol. The molecule has 42 heavy (non-hydrogen) atoms. The highest BCUT2D eigenvalue weighted by molar-refractivity contribution is 6.35. The van der Waals surface area contributed by atoms with Gasteiger partial charge in [-0.05, 0) is 72.9 Å². The Morgan fingerprint density at radius 2 is 1.60 bits per heavy atom. The highest BCUT2D eigenvalue weighted by Gasteiger charge is 2.34.